The lowest BCUT2D eigenvalue weighted by atomic mass is 9.62. The van der Waals surface area contributed by atoms with E-state index in [0.717, 1.165) is 13.1 Å². The van der Waals surface area contributed by atoms with Crippen molar-refractivity contribution in [3.63, 3.8) is 0 Å². The third-order valence-corrected chi connectivity index (χ3v) is 9.67. The topological polar surface area (TPSA) is 109 Å². The molecule has 10 heteroatoms. The molecule has 1 spiro atoms. The van der Waals surface area contributed by atoms with Crippen LogP contribution in [0.3, 0.4) is 0 Å². The number of ether oxygens (including phenoxy) is 3. The van der Waals surface area contributed by atoms with Crippen molar-refractivity contribution in [3.05, 3.63) is 48.6 Å². The molecule has 5 rings (SSSR count). The first-order valence-electron chi connectivity index (χ1n) is 14.8. The first-order valence-corrected chi connectivity index (χ1v) is 14.8. The second kappa shape index (κ2) is 11.8. The highest BCUT2D eigenvalue weighted by atomic mass is 16.6. The van der Waals surface area contributed by atoms with Gasteiger partial charge in [0.25, 0.3) is 0 Å². The number of aliphatic hydroxyl groups excluding tert-OH is 1. The van der Waals surface area contributed by atoms with E-state index >= 15 is 0 Å². The van der Waals surface area contributed by atoms with Crippen molar-refractivity contribution < 1.29 is 33.7 Å². The van der Waals surface area contributed by atoms with Crippen molar-refractivity contribution in [1.29, 1.82) is 0 Å². The molecule has 7 atom stereocenters. The van der Waals surface area contributed by atoms with Gasteiger partial charge in [-0.1, -0.05) is 43.3 Å². The molecule has 1 N–H and O–H groups in total. The van der Waals surface area contributed by atoms with Gasteiger partial charge < -0.3 is 29.1 Å². The Morgan fingerprint density at radius 3 is 2.61 bits per heavy atom. The van der Waals surface area contributed by atoms with Crippen molar-refractivity contribution >= 4 is 17.8 Å². The number of carbonyl (C=O) groups excluding carboxylic acids is 3. The number of benzene rings is 1. The third-order valence-electron chi connectivity index (χ3n) is 9.67. The molecular formula is C31H43N3O7. The summed E-state index contributed by atoms with van der Waals surface area (Å²) in [5.74, 6) is -2.93. The van der Waals surface area contributed by atoms with Gasteiger partial charge in [0, 0.05) is 32.7 Å². The number of carbonyl (C=O) groups is 3. The Labute approximate surface area is 242 Å². The van der Waals surface area contributed by atoms with Gasteiger partial charge in [-0.05, 0) is 31.7 Å². The average Bonchev–Trinajstić information content (AvgIpc) is 3.49. The van der Waals surface area contributed by atoms with Crippen LogP contribution in [0.15, 0.2) is 43.0 Å². The lowest BCUT2D eigenvalue weighted by Gasteiger charge is -2.40. The molecule has 2 amide bonds. The summed E-state index contributed by atoms with van der Waals surface area (Å²) in [6.45, 7) is 13.6. The largest absolute Gasteiger partial charge is 0.466 e. The van der Waals surface area contributed by atoms with E-state index in [1.54, 1.807) is 17.9 Å². The Kier molecular flexibility index (Phi) is 8.57. The SMILES string of the molecule is C=CCN(CCN1CCOCC1)C(=O)C1N([C@H](CO)c2ccccc2)C(=O)[C@@H]2[C@@H](C(=O)OCC)[C@]3(C)OC12CC3C. The number of hydrogen-bond donors (Lipinski definition) is 1. The molecular weight excluding hydrogens is 526 g/mol. The van der Waals surface area contributed by atoms with E-state index in [0.29, 0.717) is 44.8 Å². The predicted molar refractivity (Wildman–Crippen MR) is 151 cm³/mol. The van der Waals surface area contributed by atoms with Gasteiger partial charge in [-0.3, -0.25) is 19.3 Å². The van der Waals surface area contributed by atoms with Gasteiger partial charge in [-0.15, -0.1) is 6.58 Å². The number of rotatable bonds is 11. The maximum absolute atomic E-state index is 14.7. The Morgan fingerprint density at radius 2 is 1.98 bits per heavy atom. The molecule has 1 aromatic rings. The number of esters is 1. The standard InChI is InChI=1S/C31H43N3O7/c1-5-12-33(14-13-32-15-17-39-18-16-32)28(37)26-31-19-21(3)30(4,41-31)25(29(38)40-6-2)24(31)27(36)34(26)23(20-35)22-10-8-7-9-11-22/h5,7-11,21,23-26,35H,1,6,12-20H2,2-4H3/t21?,23-,24+,25+,26?,30-,31?/m1/s1. The van der Waals surface area contributed by atoms with Gasteiger partial charge >= 0.3 is 5.97 Å². The van der Waals surface area contributed by atoms with Crippen molar-refractivity contribution in [3.8, 4) is 0 Å². The number of fused-ring (bicyclic) bond motifs is 1. The molecule has 0 aliphatic carbocycles. The molecule has 1 aromatic carbocycles. The van der Waals surface area contributed by atoms with E-state index in [1.807, 2.05) is 44.2 Å². The van der Waals surface area contributed by atoms with E-state index in [1.165, 1.54) is 4.90 Å². The molecule has 10 nitrogen and oxygen atoms in total. The van der Waals surface area contributed by atoms with Crippen molar-refractivity contribution in [1.82, 2.24) is 14.7 Å². The predicted octanol–water partition coefficient (Wildman–Crippen LogP) is 1.64. The fourth-order valence-corrected chi connectivity index (χ4v) is 7.62. The normalized spacial score (nSPS) is 33.5. The number of likely N-dealkylation sites (tertiary alicyclic amines) is 1. The summed E-state index contributed by atoms with van der Waals surface area (Å²) < 4.78 is 17.8. The Bertz CT molecular complexity index is 1140. The molecule has 0 saturated carbocycles. The first-order chi connectivity index (χ1) is 19.7. The highest BCUT2D eigenvalue weighted by Crippen LogP contribution is 2.66. The zero-order chi connectivity index (χ0) is 29.4. The summed E-state index contributed by atoms with van der Waals surface area (Å²) in [7, 11) is 0. The molecule has 4 heterocycles. The minimum atomic E-state index is -1.22. The molecule has 4 saturated heterocycles. The second-order valence-corrected chi connectivity index (χ2v) is 11.8. The molecule has 3 unspecified atom stereocenters. The fraction of sp³-hybridized carbons (Fsp3) is 0.645. The van der Waals surface area contributed by atoms with Gasteiger partial charge in [-0.25, -0.2) is 0 Å². The van der Waals surface area contributed by atoms with Crippen LogP contribution in [0.1, 0.15) is 38.8 Å². The molecule has 0 radical (unpaired) electrons. The number of aliphatic hydroxyl groups is 1. The number of hydrogen-bond acceptors (Lipinski definition) is 8. The van der Waals surface area contributed by atoms with E-state index < -0.39 is 41.1 Å². The Balaban J connectivity index is 1.57. The van der Waals surface area contributed by atoms with Gasteiger partial charge in [0.05, 0.1) is 44.0 Å². The molecule has 41 heavy (non-hydrogen) atoms. The first kappa shape index (κ1) is 29.7. The average molecular weight is 570 g/mol. The van der Waals surface area contributed by atoms with Crippen molar-refractivity contribution in [2.45, 2.75) is 50.5 Å². The van der Waals surface area contributed by atoms with Gasteiger partial charge in [0.15, 0.2) is 0 Å². The lowest BCUT2D eigenvalue weighted by molar-refractivity contribution is -0.163. The highest BCUT2D eigenvalue weighted by Gasteiger charge is 2.80. The second-order valence-electron chi connectivity index (χ2n) is 11.8. The molecule has 4 aliphatic heterocycles. The van der Waals surface area contributed by atoms with Crippen LogP contribution in [-0.4, -0.2) is 114 Å². The number of nitrogens with zero attached hydrogens (tertiary/aromatic N) is 3. The van der Waals surface area contributed by atoms with E-state index in [9.17, 15) is 19.5 Å². The minimum absolute atomic E-state index is 0.0956. The Hall–Kier alpha value is -2.79. The maximum atomic E-state index is 14.7. The highest BCUT2D eigenvalue weighted by molar-refractivity contribution is 5.99. The molecule has 2 bridgehead atoms. The van der Waals surface area contributed by atoms with E-state index in [-0.39, 0.29) is 30.9 Å². The summed E-state index contributed by atoms with van der Waals surface area (Å²) in [6.07, 6.45) is 2.13. The molecule has 4 fully saturated rings. The third kappa shape index (κ3) is 4.88. The van der Waals surface area contributed by atoms with Crippen LogP contribution >= 0.6 is 0 Å². The number of amides is 2. The summed E-state index contributed by atoms with van der Waals surface area (Å²) in [5.41, 5.74) is -1.46. The van der Waals surface area contributed by atoms with Crippen LogP contribution < -0.4 is 0 Å². The van der Waals surface area contributed by atoms with Crippen molar-refractivity contribution in [2.24, 2.45) is 17.8 Å². The lowest BCUT2D eigenvalue weighted by Crippen LogP contribution is -2.58. The van der Waals surface area contributed by atoms with Crippen LogP contribution in [0.5, 0.6) is 0 Å². The van der Waals surface area contributed by atoms with Crippen LogP contribution in [0, 0.1) is 17.8 Å². The van der Waals surface area contributed by atoms with Crippen LogP contribution in [-0.2, 0) is 28.6 Å². The fourth-order valence-electron chi connectivity index (χ4n) is 7.62. The zero-order valence-corrected chi connectivity index (χ0v) is 24.4. The van der Waals surface area contributed by atoms with Crippen LogP contribution in [0.25, 0.3) is 0 Å². The minimum Gasteiger partial charge on any atom is -0.466 e. The zero-order valence-electron chi connectivity index (χ0n) is 24.4. The molecule has 224 valence electrons. The van der Waals surface area contributed by atoms with Gasteiger partial charge in [0.1, 0.15) is 17.6 Å². The Morgan fingerprint density at radius 1 is 1.27 bits per heavy atom. The molecule has 4 aliphatic rings. The summed E-state index contributed by atoms with van der Waals surface area (Å²) >= 11 is 0. The quantitative estimate of drug-likeness (QED) is 0.317. The summed E-state index contributed by atoms with van der Waals surface area (Å²) in [4.78, 5) is 48.2. The number of morpholine rings is 1. The van der Waals surface area contributed by atoms with Crippen molar-refractivity contribution in [2.75, 3.05) is 59.2 Å². The summed E-state index contributed by atoms with van der Waals surface area (Å²) in [6, 6.07) is 7.42. The maximum Gasteiger partial charge on any atom is 0.312 e. The molecule has 0 aromatic heterocycles. The van der Waals surface area contributed by atoms with Crippen LogP contribution in [0.4, 0.5) is 0 Å². The monoisotopic (exact) mass is 569 g/mol. The smallest absolute Gasteiger partial charge is 0.312 e. The van der Waals surface area contributed by atoms with E-state index in [2.05, 4.69) is 11.5 Å². The van der Waals surface area contributed by atoms with Crippen LogP contribution in [0.2, 0.25) is 0 Å². The summed E-state index contributed by atoms with van der Waals surface area (Å²) in [5, 5.41) is 10.7. The van der Waals surface area contributed by atoms with Gasteiger partial charge in [-0.2, -0.15) is 0 Å². The van der Waals surface area contributed by atoms with Gasteiger partial charge in [0.2, 0.25) is 11.8 Å². The van der Waals surface area contributed by atoms with E-state index in [4.69, 9.17) is 14.2 Å².